The SMILES string of the molecule is C=C[Si](O)(O[SiH3])C(C)C. The fraction of sp³-hybridized carbons (Fsp3) is 0.600. The van der Waals surface area contributed by atoms with Crippen molar-refractivity contribution in [2.24, 2.45) is 0 Å². The summed E-state index contributed by atoms with van der Waals surface area (Å²) in [5.41, 5.74) is 1.79. The topological polar surface area (TPSA) is 29.5 Å². The lowest BCUT2D eigenvalue weighted by Gasteiger charge is -2.22. The second kappa shape index (κ2) is 3.31. The number of hydrogen-bond acceptors (Lipinski definition) is 2. The fourth-order valence-corrected chi connectivity index (χ4v) is 3.58. The van der Waals surface area contributed by atoms with Crippen LogP contribution in [0.3, 0.4) is 0 Å². The van der Waals surface area contributed by atoms with Gasteiger partial charge in [-0.1, -0.05) is 19.5 Å². The molecule has 1 unspecified atom stereocenters. The molecule has 0 aromatic heterocycles. The lowest BCUT2D eigenvalue weighted by molar-refractivity contribution is 0.393. The zero-order valence-corrected chi connectivity index (χ0v) is 9.22. The standard InChI is InChI=1S/C5H14O2Si2/c1-4-9(6,7-8)5(2)3/h4-6H,1H2,2-3,8H3. The molecule has 1 N–H and O–H groups in total. The lowest BCUT2D eigenvalue weighted by Crippen LogP contribution is -2.38. The van der Waals surface area contributed by atoms with Gasteiger partial charge in [-0.05, 0) is 5.54 Å². The van der Waals surface area contributed by atoms with Crippen LogP contribution in [0.4, 0.5) is 0 Å². The Kier molecular flexibility index (Phi) is 3.34. The molecule has 1 atom stereocenters. The van der Waals surface area contributed by atoms with Gasteiger partial charge in [0.15, 0.2) is 0 Å². The average molecular weight is 162 g/mol. The third kappa shape index (κ3) is 2.05. The summed E-state index contributed by atoms with van der Waals surface area (Å²) in [4.78, 5) is 9.54. The molecular formula is C5H14O2Si2. The van der Waals surface area contributed by atoms with E-state index in [2.05, 4.69) is 6.58 Å². The Bertz CT molecular complexity index is 105. The van der Waals surface area contributed by atoms with Gasteiger partial charge in [0.25, 0.3) is 0 Å². The Balaban J connectivity index is 4.08. The number of hydrogen-bond donors (Lipinski definition) is 1. The van der Waals surface area contributed by atoms with Crippen molar-refractivity contribution in [1.29, 1.82) is 0 Å². The summed E-state index contributed by atoms with van der Waals surface area (Å²) < 4.78 is 5.06. The summed E-state index contributed by atoms with van der Waals surface area (Å²) in [6, 6.07) is 0. The molecule has 0 saturated heterocycles. The summed E-state index contributed by atoms with van der Waals surface area (Å²) in [6.45, 7) is 7.43. The van der Waals surface area contributed by atoms with Gasteiger partial charge >= 0.3 is 8.56 Å². The molecule has 2 nitrogen and oxygen atoms in total. The molecule has 0 saturated carbocycles. The molecule has 0 radical (unpaired) electrons. The van der Waals surface area contributed by atoms with Crippen molar-refractivity contribution in [3.63, 3.8) is 0 Å². The highest BCUT2D eigenvalue weighted by molar-refractivity contribution is 6.74. The molecule has 0 aromatic carbocycles. The molecule has 0 fully saturated rings. The van der Waals surface area contributed by atoms with Crippen molar-refractivity contribution < 1.29 is 8.91 Å². The van der Waals surface area contributed by atoms with Gasteiger partial charge in [0, 0.05) is 0 Å². The second-order valence-electron chi connectivity index (χ2n) is 2.31. The van der Waals surface area contributed by atoms with Crippen LogP contribution in [0, 0.1) is 0 Å². The highest BCUT2D eigenvalue weighted by atomic mass is 28.4. The molecule has 0 rings (SSSR count). The molecule has 0 aliphatic carbocycles. The van der Waals surface area contributed by atoms with E-state index in [0.29, 0.717) is 10.5 Å². The Morgan fingerprint density at radius 1 is 1.78 bits per heavy atom. The van der Waals surface area contributed by atoms with Gasteiger partial charge in [-0.2, -0.15) is 0 Å². The van der Waals surface area contributed by atoms with E-state index in [9.17, 15) is 4.80 Å². The Hall–Kier alpha value is 0.0938. The minimum Gasteiger partial charge on any atom is -0.442 e. The first-order valence-electron chi connectivity index (χ1n) is 2.98. The molecule has 0 heterocycles. The summed E-state index contributed by atoms with van der Waals surface area (Å²) >= 11 is 0. The van der Waals surface area contributed by atoms with Crippen LogP contribution in [0.25, 0.3) is 0 Å². The van der Waals surface area contributed by atoms with E-state index in [1.807, 2.05) is 13.8 Å². The third-order valence-electron chi connectivity index (χ3n) is 1.45. The van der Waals surface area contributed by atoms with Gasteiger partial charge in [-0.25, -0.2) is 0 Å². The molecule has 0 aliphatic heterocycles. The Morgan fingerprint density at radius 2 is 2.22 bits per heavy atom. The van der Waals surface area contributed by atoms with Crippen molar-refractivity contribution in [2.45, 2.75) is 19.4 Å². The maximum Gasteiger partial charge on any atom is 0.353 e. The summed E-state index contributed by atoms with van der Waals surface area (Å²) in [7, 11) is -1.85. The minimum atomic E-state index is -2.45. The summed E-state index contributed by atoms with van der Waals surface area (Å²) in [6.07, 6.45) is 0. The maximum absolute atomic E-state index is 9.54. The zero-order chi connectivity index (χ0) is 7.49. The van der Waals surface area contributed by atoms with E-state index in [1.54, 1.807) is 5.70 Å². The van der Waals surface area contributed by atoms with Gasteiger partial charge in [0.1, 0.15) is 10.5 Å². The van der Waals surface area contributed by atoms with Crippen molar-refractivity contribution >= 4 is 19.0 Å². The van der Waals surface area contributed by atoms with Crippen molar-refractivity contribution in [2.75, 3.05) is 0 Å². The van der Waals surface area contributed by atoms with E-state index >= 15 is 0 Å². The van der Waals surface area contributed by atoms with Crippen LogP contribution >= 0.6 is 0 Å². The molecule has 4 heteroatoms. The van der Waals surface area contributed by atoms with E-state index in [1.165, 1.54) is 0 Å². The van der Waals surface area contributed by atoms with Crippen LogP contribution in [0.5, 0.6) is 0 Å². The van der Waals surface area contributed by atoms with Gasteiger partial charge in [0.05, 0.1) is 0 Å². The molecule has 0 amide bonds. The molecule has 0 spiro atoms. The monoisotopic (exact) mass is 162 g/mol. The van der Waals surface area contributed by atoms with Crippen molar-refractivity contribution in [3.8, 4) is 0 Å². The van der Waals surface area contributed by atoms with Crippen LogP contribution in [0.2, 0.25) is 5.54 Å². The van der Waals surface area contributed by atoms with Crippen LogP contribution in [0.1, 0.15) is 13.8 Å². The molecule has 0 aromatic rings. The van der Waals surface area contributed by atoms with Gasteiger partial charge < -0.3 is 8.91 Å². The first-order chi connectivity index (χ1) is 4.06. The van der Waals surface area contributed by atoms with E-state index in [4.69, 9.17) is 4.12 Å². The highest BCUT2D eigenvalue weighted by Crippen LogP contribution is 2.17. The van der Waals surface area contributed by atoms with E-state index in [0.717, 1.165) is 0 Å². The smallest absolute Gasteiger partial charge is 0.353 e. The van der Waals surface area contributed by atoms with Crippen LogP contribution in [-0.2, 0) is 4.12 Å². The first kappa shape index (κ1) is 9.09. The summed E-state index contributed by atoms with van der Waals surface area (Å²) in [5, 5.41) is 0. The number of rotatable bonds is 3. The van der Waals surface area contributed by atoms with Crippen LogP contribution < -0.4 is 0 Å². The summed E-state index contributed by atoms with van der Waals surface area (Å²) in [5.74, 6) is 0. The van der Waals surface area contributed by atoms with Crippen LogP contribution in [-0.4, -0.2) is 23.8 Å². The second-order valence-corrected chi connectivity index (χ2v) is 7.01. The first-order valence-corrected chi connectivity index (χ1v) is 5.80. The largest absolute Gasteiger partial charge is 0.442 e. The molecule has 9 heavy (non-hydrogen) atoms. The molecule has 54 valence electrons. The molecular weight excluding hydrogens is 148 g/mol. The predicted molar refractivity (Wildman–Crippen MR) is 44.3 cm³/mol. The molecule has 0 aliphatic rings. The Labute approximate surface area is 60.3 Å². The third-order valence-corrected chi connectivity index (χ3v) is 6.30. The quantitative estimate of drug-likeness (QED) is 0.585. The normalized spacial score (nSPS) is 17.8. The van der Waals surface area contributed by atoms with E-state index < -0.39 is 8.56 Å². The minimum absolute atomic E-state index is 0.215. The van der Waals surface area contributed by atoms with Gasteiger partial charge in [0.2, 0.25) is 0 Å². The lowest BCUT2D eigenvalue weighted by atomic mass is 10.6. The van der Waals surface area contributed by atoms with Crippen molar-refractivity contribution in [3.05, 3.63) is 12.3 Å². The van der Waals surface area contributed by atoms with Crippen molar-refractivity contribution in [1.82, 2.24) is 0 Å². The molecule has 0 bridgehead atoms. The maximum atomic E-state index is 9.54. The van der Waals surface area contributed by atoms with Gasteiger partial charge in [-0.15, -0.1) is 6.58 Å². The van der Waals surface area contributed by atoms with Gasteiger partial charge in [-0.3, -0.25) is 0 Å². The average Bonchev–Trinajstić information content (AvgIpc) is 1.86. The fourth-order valence-electron chi connectivity index (χ4n) is 0.555. The Morgan fingerprint density at radius 3 is 2.22 bits per heavy atom. The highest BCUT2D eigenvalue weighted by Gasteiger charge is 2.31. The van der Waals surface area contributed by atoms with Crippen LogP contribution in [0.15, 0.2) is 12.3 Å². The van der Waals surface area contributed by atoms with E-state index in [-0.39, 0.29) is 5.54 Å². The zero-order valence-electron chi connectivity index (χ0n) is 6.22. The predicted octanol–water partition coefficient (Wildman–Crippen LogP) is -0.147.